The van der Waals surface area contributed by atoms with Crippen molar-refractivity contribution in [3.05, 3.63) is 35.4 Å². The van der Waals surface area contributed by atoms with Gasteiger partial charge in [-0.1, -0.05) is 38.1 Å². The van der Waals surface area contributed by atoms with Crippen molar-refractivity contribution in [3.63, 3.8) is 0 Å². The van der Waals surface area contributed by atoms with E-state index in [1.165, 1.54) is 10.5 Å². The minimum atomic E-state index is -0.914. The van der Waals surface area contributed by atoms with Gasteiger partial charge in [-0.2, -0.15) is 0 Å². The molecule has 7 heteroatoms. The molecule has 1 fully saturated rings. The van der Waals surface area contributed by atoms with E-state index in [4.69, 9.17) is 9.47 Å². The van der Waals surface area contributed by atoms with E-state index < -0.39 is 18.2 Å². The third-order valence-corrected chi connectivity index (χ3v) is 5.30. The lowest BCUT2D eigenvalue weighted by molar-refractivity contribution is -0.145. The molecule has 0 spiro atoms. The number of likely N-dealkylation sites (N-methyl/N-ethyl adjacent to an activating group) is 1. The second kappa shape index (κ2) is 8.73. The van der Waals surface area contributed by atoms with Gasteiger partial charge in [0.1, 0.15) is 12.6 Å². The zero-order valence-corrected chi connectivity index (χ0v) is 16.7. The molecule has 2 amide bonds. The first-order chi connectivity index (χ1) is 13.4. The minimum Gasteiger partial charge on any atom is -0.436 e. The molecular formula is C21H28N2O5. The third-order valence-electron chi connectivity index (χ3n) is 5.30. The fraction of sp³-hybridized carbons (Fsp3) is 0.571. The van der Waals surface area contributed by atoms with Gasteiger partial charge in [-0.25, -0.2) is 4.79 Å². The summed E-state index contributed by atoms with van der Waals surface area (Å²) in [6.07, 6.45) is -0.234. The second-order valence-electron chi connectivity index (χ2n) is 7.89. The van der Waals surface area contributed by atoms with E-state index in [2.05, 4.69) is 6.07 Å². The lowest BCUT2D eigenvalue weighted by Crippen LogP contribution is -2.49. The van der Waals surface area contributed by atoms with E-state index in [0.717, 1.165) is 12.0 Å². The van der Waals surface area contributed by atoms with Gasteiger partial charge in [0.15, 0.2) is 11.9 Å². The summed E-state index contributed by atoms with van der Waals surface area (Å²) < 4.78 is 10.8. The van der Waals surface area contributed by atoms with Crippen LogP contribution in [0.15, 0.2) is 24.3 Å². The van der Waals surface area contributed by atoms with Crippen molar-refractivity contribution in [2.75, 3.05) is 26.8 Å². The fourth-order valence-electron chi connectivity index (χ4n) is 3.64. The van der Waals surface area contributed by atoms with Crippen LogP contribution < -0.4 is 0 Å². The number of carbonyl (C=O) groups excluding carboxylic acids is 3. The molecule has 2 atom stereocenters. The van der Waals surface area contributed by atoms with Gasteiger partial charge >= 0.3 is 6.09 Å². The van der Waals surface area contributed by atoms with Crippen molar-refractivity contribution in [1.82, 2.24) is 9.80 Å². The number of amides is 2. The number of ether oxygens (including phenoxy) is 2. The van der Waals surface area contributed by atoms with Crippen LogP contribution in [-0.2, 0) is 32.0 Å². The van der Waals surface area contributed by atoms with Crippen LogP contribution in [0.5, 0.6) is 0 Å². The molecule has 152 valence electrons. The van der Waals surface area contributed by atoms with Gasteiger partial charge in [0.2, 0.25) is 0 Å². The molecule has 2 heterocycles. The summed E-state index contributed by atoms with van der Waals surface area (Å²) in [5.74, 6) is -0.325. The maximum Gasteiger partial charge on any atom is 0.410 e. The Morgan fingerprint density at radius 1 is 1.29 bits per heavy atom. The van der Waals surface area contributed by atoms with Crippen LogP contribution in [0.1, 0.15) is 31.4 Å². The Bertz CT molecular complexity index is 748. The molecular weight excluding hydrogens is 360 g/mol. The summed E-state index contributed by atoms with van der Waals surface area (Å²) in [6.45, 7) is 5.17. The molecule has 2 unspecified atom stereocenters. The van der Waals surface area contributed by atoms with Crippen LogP contribution in [0.2, 0.25) is 0 Å². The van der Waals surface area contributed by atoms with Crippen LogP contribution in [0.25, 0.3) is 0 Å². The number of fused-ring (bicyclic) bond motifs is 1. The summed E-state index contributed by atoms with van der Waals surface area (Å²) in [4.78, 5) is 40.6. The van der Waals surface area contributed by atoms with Crippen molar-refractivity contribution >= 4 is 17.8 Å². The van der Waals surface area contributed by atoms with Gasteiger partial charge in [-0.3, -0.25) is 9.59 Å². The van der Waals surface area contributed by atoms with E-state index in [-0.39, 0.29) is 30.8 Å². The highest BCUT2D eigenvalue weighted by atomic mass is 16.6. The Morgan fingerprint density at radius 2 is 2.00 bits per heavy atom. The molecule has 3 rings (SSSR count). The number of hydrogen-bond donors (Lipinski definition) is 0. The molecule has 28 heavy (non-hydrogen) atoms. The van der Waals surface area contributed by atoms with Crippen molar-refractivity contribution in [2.24, 2.45) is 5.92 Å². The van der Waals surface area contributed by atoms with Crippen LogP contribution in [0.3, 0.4) is 0 Å². The zero-order valence-electron chi connectivity index (χ0n) is 16.7. The maximum atomic E-state index is 13.0. The van der Waals surface area contributed by atoms with Crippen molar-refractivity contribution < 1.29 is 23.9 Å². The minimum absolute atomic E-state index is 0.0180. The molecule has 2 aliphatic heterocycles. The summed E-state index contributed by atoms with van der Waals surface area (Å²) >= 11 is 0. The summed E-state index contributed by atoms with van der Waals surface area (Å²) in [7, 11) is 1.57. The van der Waals surface area contributed by atoms with Crippen molar-refractivity contribution in [1.29, 1.82) is 0 Å². The van der Waals surface area contributed by atoms with Crippen molar-refractivity contribution in [2.45, 2.75) is 45.4 Å². The highest BCUT2D eigenvalue weighted by molar-refractivity contribution is 5.92. The fourth-order valence-corrected chi connectivity index (χ4v) is 3.64. The number of nitrogens with zero attached hydrogens (tertiary/aromatic N) is 2. The van der Waals surface area contributed by atoms with E-state index in [1.807, 2.05) is 32.0 Å². The molecule has 7 nitrogen and oxygen atoms in total. The van der Waals surface area contributed by atoms with Gasteiger partial charge in [-0.15, -0.1) is 0 Å². The van der Waals surface area contributed by atoms with Crippen LogP contribution >= 0.6 is 0 Å². The summed E-state index contributed by atoms with van der Waals surface area (Å²) in [5, 5.41) is 0. The van der Waals surface area contributed by atoms with Crippen LogP contribution in [0.4, 0.5) is 4.79 Å². The lowest BCUT2D eigenvalue weighted by Gasteiger charge is -2.32. The van der Waals surface area contributed by atoms with Gasteiger partial charge in [-0.05, 0) is 29.9 Å². The Hall–Kier alpha value is -2.41. The topological polar surface area (TPSA) is 76.2 Å². The normalized spacial score (nSPS) is 20.1. The molecule has 2 aliphatic rings. The average molecular weight is 388 g/mol. The lowest BCUT2D eigenvalue weighted by atomic mass is 10.0. The quantitative estimate of drug-likeness (QED) is 0.771. The third kappa shape index (κ3) is 4.52. The Morgan fingerprint density at radius 3 is 2.64 bits per heavy atom. The predicted molar refractivity (Wildman–Crippen MR) is 103 cm³/mol. The maximum absolute atomic E-state index is 13.0. The Labute approximate surface area is 165 Å². The highest BCUT2D eigenvalue weighted by Crippen LogP contribution is 2.21. The molecule has 0 radical (unpaired) electrons. The number of ketones is 1. The number of rotatable bonds is 5. The number of carbonyl (C=O) groups is 3. The van der Waals surface area contributed by atoms with Gasteiger partial charge in [0, 0.05) is 20.1 Å². The Kier molecular flexibility index (Phi) is 6.34. The van der Waals surface area contributed by atoms with E-state index >= 15 is 0 Å². The molecule has 0 N–H and O–H groups in total. The first kappa shape index (κ1) is 20.3. The average Bonchev–Trinajstić information content (AvgIpc) is 3.11. The number of Topliss-reactive ketones (excluding diaryl/α,β-unsaturated/α-hetero) is 1. The molecule has 0 bridgehead atoms. The number of benzene rings is 1. The van der Waals surface area contributed by atoms with E-state index in [1.54, 1.807) is 11.9 Å². The first-order valence-corrected chi connectivity index (χ1v) is 9.76. The van der Waals surface area contributed by atoms with Crippen molar-refractivity contribution in [3.8, 4) is 0 Å². The zero-order chi connectivity index (χ0) is 20.3. The largest absolute Gasteiger partial charge is 0.436 e. The van der Waals surface area contributed by atoms with Gasteiger partial charge < -0.3 is 19.3 Å². The first-order valence-electron chi connectivity index (χ1n) is 9.76. The molecule has 1 aromatic carbocycles. The predicted octanol–water partition coefficient (Wildman–Crippen LogP) is 2.02. The smallest absolute Gasteiger partial charge is 0.410 e. The molecule has 0 saturated carbocycles. The standard InChI is InChI=1S/C21H28N2O5/c1-14(2)10-19(20(25)22(3)17-12-27-13-18(17)24)28-21(26)23-9-8-15-6-4-5-7-16(15)11-23/h4-7,14,17,19H,8-13H2,1-3H3. The highest BCUT2D eigenvalue weighted by Gasteiger charge is 2.37. The van der Waals surface area contributed by atoms with E-state index in [9.17, 15) is 14.4 Å². The molecule has 1 aromatic rings. The summed E-state index contributed by atoms with van der Waals surface area (Å²) in [5.41, 5.74) is 2.34. The monoisotopic (exact) mass is 388 g/mol. The van der Waals surface area contributed by atoms with Gasteiger partial charge in [0.25, 0.3) is 5.91 Å². The van der Waals surface area contributed by atoms with Gasteiger partial charge in [0.05, 0.1) is 6.61 Å². The van der Waals surface area contributed by atoms with Crippen LogP contribution in [0, 0.1) is 5.92 Å². The SMILES string of the molecule is CC(C)CC(OC(=O)N1CCc2ccccc2C1)C(=O)N(C)C1COCC1=O. The molecule has 1 saturated heterocycles. The molecule has 0 aromatic heterocycles. The molecule has 0 aliphatic carbocycles. The summed E-state index contributed by atoms with van der Waals surface area (Å²) in [6, 6.07) is 7.41. The van der Waals surface area contributed by atoms with E-state index in [0.29, 0.717) is 19.5 Å². The number of hydrogen-bond acceptors (Lipinski definition) is 5. The van der Waals surface area contributed by atoms with Crippen LogP contribution in [-0.4, -0.2) is 66.5 Å². The Balaban J connectivity index is 1.67. The second-order valence-corrected chi connectivity index (χ2v) is 7.89.